The van der Waals surface area contributed by atoms with E-state index in [0.29, 0.717) is 26.8 Å². The van der Waals surface area contributed by atoms with Crippen LogP contribution in [-0.4, -0.2) is 12.6 Å². The van der Waals surface area contributed by atoms with E-state index >= 15 is 0 Å². The lowest BCUT2D eigenvalue weighted by atomic mass is 10.3. The van der Waals surface area contributed by atoms with Crippen molar-refractivity contribution in [3.8, 4) is 0 Å². The Bertz CT molecular complexity index is 413. The highest BCUT2D eigenvalue weighted by Gasteiger charge is 2.10. The smallest absolute Gasteiger partial charge is 0.319 e. The molecule has 0 unspecified atom stereocenters. The third-order valence-corrected chi connectivity index (χ3v) is 3.87. The van der Waals surface area contributed by atoms with Crippen molar-refractivity contribution in [1.82, 2.24) is 5.32 Å². The number of nitrogens with one attached hydrogen (secondary N) is 2. The van der Waals surface area contributed by atoms with Gasteiger partial charge in [0.2, 0.25) is 0 Å². The summed E-state index contributed by atoms with van der Waals surface area (Å²) in [6.45, 7) is 2.70. The van der Waals surface area contributed by atoms with Gasteiger partial charge in [0.05, 0.1) is 15.7 Å². The van der Waals surface area contributed by atoms with E-state index < -0.39 is 0 Å². The van der Waals surface area contributed by atoms with E-state index in [-0.39, 0.29) is 6.03 Å². The molecule has 0 aromatic heterocycles. The molecule has 3 nitrogen and oxygen atoms in total. The van der Waals surface area contributed by atoms with Gasteiger partial charge < -0.3 is 10.6 Å². The van der Waals surface area contributed by atoms with Gasteiger partial charge in [-0.25, -0.2) is 4.79 Å². The average molecular weight is 340 g/mol. The number of halogens is 3. The van der Waals surface area contributed by atoms with Crippen LogP contribution in [0.4, 0.5) is 10.5 Å². The van der Waals surface area contributed by atoms with Crippen molar-refractivity contribution < 1.29 is 4.79 Å². The molecule has 0 spiro atoms. The Morgan fingerprint density at radius 2 is 2.06 bits per heavy atom. The van der Waals surface area contributed by atoms with Crippen LogP contribution in [0.3, 0.4) is 0 Å². The molecule has 0 aliphatic rings. The molecule has 0 heterocycles. The predicted molar refractivity (Wildman–Crippen MR) is 76.1 cm³/mol. The molecule has 1 rings (SSSR count). The second kappa shape index (κ2) is 7.09. The van der Waals surface area contributed by atoms with Crippen molar-refractivity contribution in [2.24, 2.45) is 0 Å². The van der Waals surface area contributed by atoms with Crippen LogP contribution in [0.2, 0.25) is 10.0 Å². The largest absolute Gasteiger partial charge is 0.338 e. The van der Waals surface area contributed by atoms with Crippen LogP contribution in [0, 0.1) is 0 Å². The van der Waals surface area contributed by atoms with E-state index in [1.807, 2.05) is 0 Å². The first-order valence-electron chi connectivity index (χ1n) is 5.24. The number of rotatable bonds is 4. The highest BCUT2D eigenvalue weighted by Crippen LogP contribution is 2.35. The fourth-order valence-corrected chi connectivity index (χ4v) is 1.99. The number of unbranched alkanes of at least 4 members (excludes halogenated alkanes) is 1. The summed E-state index contributed by atoms with van der Waals surface area (Å²) in [4.78, 5) is 11.5. The lowest BCUT2D eigenvalue weighted by molar-refractivity contribution is 0.252. The molecule has 2 N–H and O–H groups in total. The van der Waals surface area contributed by atoms with Gasteiger partial charge in [0, 0.05) is 11.0 Å². The number of anilines is 1. The third kappa shape index (κ3) is 4.37. The Balaban J connectivity index is 2.63. The van der Waals surface area contributed by atoms with Crippen LogP contribution < -0.4 is 10.6 Å². The van der Waals surface area contributed by atoms with Crippen molar-refractivity contribution in [3.63, 3.8) is 0 Å². The summed E-state index contributed by atoms with van der Waals surface area (Å²) in [5.74, 6) is 0. The quantitative estimate of drug-likeness (QED) is 0.607. The summed E-state index contributed by atoms with van der Waals surface area (Å²) in [5, 5.41) is 6.09. The molecular formula is C11H13BrCl2N2O. The van der Waals surface area contributed by atoms with Crippen LogP contribution in [-0.2, 0) is 0 Å². The summed E-state index contributed by atoms with van der Waals surface area (Å²) in [7, 11) is 0. The van der Waals surface area contributed by atoms with Gasteiger partial charge in [-0.2, -0.15) is 0 Å². The number of benzene rings is 1. The molecule has 0 atom stereocenters. The monoisotopic (exact) mass is 338 g/mol. The van der Waals surface area contributed by atoms with E-state index in [1.54, 1.807) is 12.1 Å². The standard InChI is InChI=1S/C11H13BrCl2N2O/c1-2-3-6-15-11(17)16-8-5-4-7(12)9(13)10(8)14/h4-5H,2-3,6H2,1H3,(H2,15,16,17). The summed E-state index contributed by atoms with van der Waals surface area (Å²) in [6, 6.07) is 3.15. The van der Waals surface area contributed by atoms with Gasteiger partial charge in [0.15, 0.2) is 0 Å². The molecule has 0 radical (unpaired) electrons. The number of carbonyl (C=O) groups is 1. The highest BCUT2D eigenvalue weighted by molar-refractivity contribution is 9.10. The number of amides is 2. The minimum Gasteiger partial charge on any atom is -0.338 e. The fraction of sp³-hybridized carbons (Fsp3) is 0.364. The first-order chi connectivity index (χ1) is 8.06. The molecule has 0 bridgehead atoms. The van der Waals surface area contributed by atoms with Crippen LogP contribution in [0.5, 0.6) is 0 Å². The minimum atomic E-state index is -0.279. The van der Waals surface area contributed by atoms with Crippen molar-refractivity contribution >= 4 is 50.9 Å². The zero-order valence-electron chi connectivity index (χ0n) is 9.32. The van der Waals surface area contributed by atoms with Crippen LogP contribution in [0.1, 0.15) is 19.8 Å². The van der Waals surface area contributed by atoms with Crippen LogP contribution >= 0.6 is 39.1 Å². The number of carbonyl (C=O) groups excluding carboxylic acids is 1. The molecule has 1 aromatic carbocycles. The van der Waals surface area contributed by atoms with Crippen molar-refractivity contribution in [2.75, 3.05) is 11.9 Å². The molecule has 2 amide bonds. The summed E-state index contributed by atoms with van der Waals surface area (Å²) < 4.78 is 0.695. The van der Waals surface area contributed by atoms with E-state index in [0.717, 1.165) is 12.8 Å². The van der Waals surface area contributed by atoms with E-state index in [4.69, 9.17) is 23.2 Å². The van der Waals surface area contributed by atoms with Gasteiger partial charge >= 0.3 is 6.03 Å². The molecule has 17 heavy (non-hydrogen) atoms. The molecule has 1 aromatic rings. The maximum Gasteiger partial charge on any atom is 0.319 e. The Kier molecular flexibility index (Phi) is 6.09. The van der Waals surface area contributed by atoms with E-state index in [2.05, 4.69) is 33.5 Å². The number of hydrogen-bond acceptors (Lipinski definition) is 1. The minimum absolute atomic E-state index is 0.279. The van der Waals surface area contributed by atoms with Gasteiger partial charge in [-0.1, -0.05) is 36.5 Å². The van der Waals surface area contributed by atoms with Crippen molar-refractivity contribution in [1.29, 1.82) is 0 Å². The molecular weight excluding hydrogens is 327 g/mol. The van der Waals surface area contributed by atoms with Gasteiger partial charge in [-0.15, -0.1) is 0 Å². The Labute approximate surface area is 119 Å². The van der Waals surface area contributed by atoms with E-state index in [9.17, 15) is 4.79 Å². The molecule has 0 fully saturated rings. The predicted octanol–water partition coefficient (Wildman–Crippen LogP) is 4.68. The Morgan fingerprint density at radius 3 is 2.71 bits per heavy atom. The van der Waals surface area contributed by atoms with Crippen LogP contribution in [0.15, 0.2) is 16.6 Å². The highest BCUT2D eigenvalue weighted by atomic mass is 79.9. The molecule has 6 heteroatoms. The van der Waals surface area contributed by atoms with Crippen molar-refractivity contribution in [3.05, 3.63) is 26.7 Å². The van der Waals surface area contributed by atoms with Gasteiger partial charge in [0.25, 0.3) is 0 Å². The molecule has 0 saturated carbocycles. The normalized spacial score (nSPS) is 10.1. The topological polar surface area (TPSA) is 41.1 Å². The van der Waals surface area contributed by atoms with Gasteiger partial charge in [-0.05, 0) is 34.5 Å². The maximum absolute atomic E-state index is 11.5. The van der Waals surface area contributed by atoms with Gasteiger partial charge in [-0.3, -0.25) is 0 Å². The number of hydrogen-bond donors (Lipinski definition) is 2. The fourth-order valence-electron chi connectivity index (χ4n) is 1.17. The lowest BCUT2D eigenvalue weighted by Crippen LogP contribution is -2.29. The third-order valence-electron chi connectivity index (χ3n) is 2.10. The number of urea groups is 1. The first-order valence-corrected chi connectivity index (χ1v) is 6.79. The summed E-state index contributed by atoms with van der Waals surface area (Å²) in [6.07, 6.45) is 1.98. The lowest BCUT2D eigenvalue weighted by Gasteiger charge is -2.10. The van der Waals surface area contributed by atoms with E-state index in [1.165, 1.54) is 0 Å². The zero-order chi connectivity index (χ0) is 12.8. The summed E-state index contributed by atoms with van der Waals surface area (Å²) >= 11 is 15.2. The Morgan fingerprint density at radius 1 is 1.35 bits per heavy atom. The van der Waals surface area contributed by atoms with Crippen molar-refractivity contribution in [2.45, 2.75) is 19.8 Å². The molecule has 0 aliphatic carbocycles. The Hall–Kier alpha value is -0.450. The van der Waals surface area contributed by atoms with Crippen LogP contribution in [0.25, 0.3) is 0 Å². The molecule has 0 saturated heterocycles. The molecule has 0 aliphatic heterocycles. The molecule has 94 valence electrons. The van der Waals surface area contributed by atoms with Gasteiger partial charge in [0.1, 0.15) is 0 Å². The average Bonchev–Trinajstić information content (AvgIpc) is 2.30. The second-order valence-corrected chi connectivity index (χ2v) is 5.07. The zero-order valence-corrected chi connectivity index (χ0v) is 12.4. The maximum atomic E-state index is 11.5. The second-order valence-electron chi connectivity index (χ2n) is 3.46. The SMILES string of the molecule is CCCCNC(=O)Nc1ccc(Br)c(Cl)c1Cl. The summed E-state index contributed by atoms with van der Waals surface area (Å²) in [5.41, 5.74) is 0.494. The first kappa shape index (κ1) is 14.6.